The van der Waals surface area contributed by atoms with Gasteiger partial charge in [0.25, 0.3) is 0 Å². The van der Waals surface area contributed by atoms with E-state index in [2.05, 4.69) is 15.9 Å². The lowest BCUT2D eigenvalue weighted by molar-refractivity contribution is -0.137. The lowest BCUT2D eigenvalue weighted by Crippen LogP contribution is -2.10. The molecule has 0 saturated carbocycles. The van der Waals surface area contributed by atoms with Crippen LogP contribution in [0.3, 0.4) is 0 Å². The molecule has 0 spiro atoms. The Morgan fingerprint density at radius 1 is 1.43 bits per heavy atom. The van der Waals surface area contributed by atoms with Gasteiger partial charge in [-0.15, -0.1) is 0 Å². The Morgan fingerprint density at radius 3 is 2.57 bits per heavy atom. The van der Waals surface area contributed by atoms with Crippen LogP contribution in [0.5, 0.6) is 0 Å². The van der Waals surface area contributed by atoms with Crippen LogP contribution in [0.1, 0.15) is 32.6 Å². The normalized spacial score (nSPS) is 13.0. The molecule has 0 amide bonds. The summed E-state index contributed by atoms with van der Waals surface area (Å²) in [5, 5.41) is 8.38. The third-order valence-corrected chi connectivity index (χ3v) is 2.32. The Kier molecular flexibility index (Phi) is 7.38. The van der Waals surface area contributed by atoms with Gasteiger partial charge in [0, 0.05) is 18.8 Å². The summed E-state index contributed by atoms with van der Waals surface area (Å²) in [6.45, 7) is 1.86. The van der Waals surface area contributed by atoms with Crippen molar-refractivity contribution in [2.24, 2.45) is 5.92 Å². The molecule has 0 rings (SSSR count). The molecule has 0 fully saturated rings. The topological polar surface area (TPSA) is 54.4 Å². The third-order valence-electron chi connectivity index (χ3n) is 1.94. The van der Waals surface area contributed by atoms with Gasteiger partial charge >= 0.3 is 5.97 Å². The number of aliphatic carboxylic acids is 1. The van der Waals surface area contributed by atoms with Crippen LogP contribution in [-0.2, 0) is 9.59 Å². The highest BCUT2D eigenvalue weighted by atomic mass is 79.9. The van der Waals surface area contributed by atoms with E-state index in [9.17, 15) is 9.59 Å². The highest BCUT2D eigenvalue weighted by Gasteiger charge is 2.11. The molecule has 0 aromatic rings. The van der Waals surface area contributed by atoms with Crippen LogP contribution in [0.4, 0.5) is 0 Å². The number of halogens is 1. The third kappa shape index (κ3) is 6.83. The Hall–Kier alpha value is -0.640. The van der Waals surface area contributed by atoms with E-state index in [0.29, 0.717) is 19.3 Å². The smallest absolute Gasteiger partial charge is 0.303 e. The Morgan fingerprint density at radius 2 is 2.07 bits per heavy atom. The maximum atomic E-state index is 11.4. The SMILES string of the molecule is CC(C/C=C\Br)C(=O)CCCC(=O)O. The molecule has 1 atom stereocenters. The van der Waals surface area contributed by atoms with Gasteiger partial charge in [-0.1, -0.05) is 28.9 Å². The zero-order valence-electron chi connectivity index (χ0n) is 8.20. The molecule has 0 bridgehead atoms. The van der Waals surface area contributed by atoms with Crippen LogP contribution in [0.15, 0.2) is 11.1 Å². The number of carboxylic acids is 1. The van der Waals surface area contributed by atoms with E-state index in [0.717, 1.165) is 0 Å². The second kappa shape index (κ2) is 7.74. The van der Waals surface area contributed by atoms with Gasteiger partial charge < -0.3 is 5.11 Å². The van der Waals surface area contributed by atoms with Gasteiger partial charge in [-0.25, -0.2) is 0 Å². The van der Waals surface area contributed by atoms with E-state index in [-0.39, 0.29) is 18.1 Å². The first-order valence-electron chi connectivity index (χ1n) is 4.57. The van der Waals surface area contributed by atoms with E-state index in [1.807, 2.05) is 13.0 Å². The molecule has 1 unspecified atom stereocenters. The molecule has 0 aliphatic rings. The van der Waals surface area contributed by atoms with Crippen molar-refractivity contribution in [3.63, 3.8) is 0 Å². The van der Waals surface area contributed by atoms with Gasteiger partial charge in [-0.3, -0.25) is 9.59 Å². The molecule has 80 valence electrons. The predicted octanol–water partition coefficient (Wildman–Crippen LogP) is 2.75. The average Bonchev–Trinajstić information content (AvgIpc) is 2.13. The summed E-state index contributed by atoms with van der Waals surface area (Å²) >= 11 is 3.13. The lowest BCUT2D eigenvalue weighted by atomic mass is 9.98. The fourth-order valence-electron chi connectivity index (χ4n) is 1.05. The molecule has 0 aliphatic heterocycles. The second-order valence-corrected chi connectivity index (χ2v) is 3.74. The average molecular weight is 263 g/mol. The molecule has 4 heteroatoms. The van der Waals surface area contributed by atoms with Crippen molar-refractivity contribution in [3.8, 4) is 0 Å². The summed E-state index contributed by atoms with van der Waals surface area (Å²) in [6, 6.07) is 0. The molecule has 3 nitrogen and oxygen atoms in total. The van der Waals surface area contributed by atoms with Crippen LogP contribution in [0, 0.1) is 5.92 Å². The molecule has 0 aromatic heterocycles. The molecular weight excluding hydrogens is 248 g/mol. The Bertz CT molecular complexity index is 223. The number of carboxylic acid groups (broad SMARTS) is 1. The highest BCUT2D eigenvalue weighted by Crippen LogP contribution is 2.10. The number of allylic oxidation sites excluding steroid dienone is 1. The minimum Gasteiger partial charge on any atom is -0.481 e. The van der Waals surface area contributed by atoms with Crippen LogP contribution in [-0.4, -0.2) is 16.9 Å². The van der Waals surface area contributed by atoms with E-state index >= 15 is 0 Å². The number of hydrogen-bond acceptors (Lipinski definition) is 2. The number of carbonyl (C=O) groups excluding carboxylic acids is 1. The van der Waals surface area contributed by atoms with E-state index in [1.165, 1.54) is 0 Å². The first-order chi connectivity index (χ1) is 6.57. The number of rotatable bonds is 7. The maximum Gasteiger partial charge on any atom is 0.303 e. The van der Waals surface area contributed by atoms with Crippen molar-refractivity contribution >= 4 is 27.7 Å². The van der Waals surface area contributed by atoms with Gasteiger partial charge in [0.15, 0.2) is 0 Å². The summed E-state index contributed by atoms with van der Waals surface area (Å²) in [4.78, 5) is 23.3. The second-order valence-electron chi connectivity index (χ2n) is 3.21. The molecule has 14 heavy (non-hydrogen) atoms. The van der Waals surface area contributed by atoms with Gasteiger partial charge in [0.1, 0.15) is 5.78 Å². The van der Waals surface area contributed by atoms with Crippen LogP contribution in [0.25, 0.3) is 0 Å². The quantitative estimate of drug-likeness (QED) is 0.768. The summed E-state index contributed by atoms with van der Waals surface area (Å²) in [5.41, 5.74) is 0. The number of hydrogen-bond donors (Lipinski definition) is 1. The summed E-state index contributed by atoms with van der Waals surface area (Å²) < 4.78 is 0. The highest BCUT2D eigenvalue weighted by molar-refractivity contribution is 9.11. The molecule has 0 aromatic carbocycles. The minimum atomic E-state index is -0.842. The molecule has 0 radical (unpaired) electrons. The standard InChI is InChI=1S/C10H15BrO3/c1-8(4-3-7-11)9(12)5-2-6-10(13)14/h3,7-8H,2,4-6H2,1H3,(H,13,14)/b7-3-. The monoisotopic (exact) mass is 262 g/mol. The van der Waals surface area contributed by atoms with Gasteiger partial charge in [-0.05, 0) is 17.8 Å². The summed E-state index contributed by atoms with van der Waals surface area (Å²) in [6.07, 6.45) is 3.46. The Labute approximate surface area is 92.3 Å². The zero-order chi connectivity index (χ0) is 11.0. The molecule has 0 aliphatic carbocycles. The molecule has 0 saturated heterocycles. The summed E-state index contributed by atoms with van der Waals surface area (Å²) in [7, 11) is 0. The van der Waals surface area contributed by atoms with Crippen molar-refractivity contribution in [2.45, 2.75) is 32.6 Å². The van der Waals surface area contributed by atoms with E-state index in [4.69, 9.17) is 5.11 Å². The first kappa shape index (κ1) is 13.4. The van der Waals surface area contributed by atoms with E-state index < -0.39 is 5.97 Å². The largest absolute Gasteiger partial charge is 0.481 e. The Balaban J connectivity index is 3.67. The zero-order valence-corrected chi connectivity index (χ0v) is 9.79. The summed E-state index contributed by atoms with van der Waals surface area (Å²) in [5.74, 6) is -0.722. The molecular formula is C10H15BrO3. The maximum absolute atomic E-state index is 11.4. The van der Waals surface area contributed by atoms with Gasteiger partial charge in [-0.2, -0.15) is 0 Å². The first-order valence-corrected chi connectivity index (χ1v) is 5.49. The lowest BCUT2D eigenvalue weighted by Gasteiger charge is -2.06. The van der Waals surface area contributed by atoms with Crippen molar-refractivity contribution in [1.82, 2.24) is 0 Å². The number of ketones is 1. The molecule has 0 heterocycles. The van der Waals surface area contributed by atoms with Gasteiger partial charge in [0.2, 0.25) is 0 Å². The number of Topliss-reactive ketones (excluding diaryl/α,β-unsaturated/α-hetero) is 1. The van der Waals surface area contributed by atoms with Crippen LogP contribution in [0.2, 0.25) is 0 Å². The van der Waals surface area contributed by atoms with Crippen LogP contribution < -0.4 is 0 Å². The van der Waals surface area contributed by atoms with Crippen molar-refractivity contribution < 1.29 is 14.7 Å². The van der Waals surface area contributed by atoms with E-state index in [1.54, 1.807) is 4.99 Å². The van der Waals surface area contributed by atoms with Crippen molar-refractivity contribution in [1.29, 1.82) is 0 Å². The van der Waals surface area contributed by atoms with Crippen molar-refractivity contribution in [3.05, 3.63) is 11.1 Å². The van der Waals surface area contributed by atoms with Crippen molar-refractivity contribution in [2.75, 3.05) is 0 Å². The fraction of sp³-hybridized carbons (Fsp3) is 0.600. The van der Waals surface area contributed by atoms with Gasteiger partial charge in [0.05, 0.1) is 0 Å². The minimum absolute atomic E-state index is 0.0161. The van der Waals surface area contributed by atoms with Crippen LogP contribution >= 0.6 is 15.9 Å². The fourth-order valence-corrected chi connectivity index (χ4v) is 1.26. The molecule has 1 N–H and O–H groups in total. The predicted molar refractivity (Wildman–Crippen MR) is 58.3 cm³/mol. The number of carbonyl (C=O) groups is 2.